The highest BCUT2D eigenvalue weighted by atomic mass is 14.3. The van der Waals surface area contributed by atoms with Crippen molar-refractivity contribution < 1.29 is 0 Å². The molecule has 0 radical (unpaired) electrons. The highest BCUT2D eigenvalue weighted by Crippen LogP contribution is 2.36. The van der Waals surface area contributed by atoms with Crippen LogP contribution in [0, 0.1) is 10.8 Å². The van der Waals surface area contributed by atoms with Gasteiger partial charge < -0.3 is 0 Å². The zero-order valence-electron chi connectivity index (χ0n) is 9.83. The summed E-state index contributed by atoms with van der Waals surface area (Å²) in [7, 11) is 0. The summed E-state index contributed by atoms with van der Waals surface area (Å²) < 4.78 is 0. The molecule has 0 bridgehead atoms. The minimum absolute atomic E-state index is 0.483. The van der Waals surface area contributed by atoms with Crippen LogP contribution in [0.3, 0.4) is 0 Å². The van der Waals surface area contributed by atoms with Crippen LogP contribution in [0.2, 0.25) is 0 Å². The molecule has 0 aliphatic rings. The van der Waals surface area contributed by atoms with Gasteiger partial charge in [-0.2, -0.15) is 0 Å². The lowest BCUT2D eigenvalue weighted by Crippen LogP contribution is -2.20. The molecule has 0 spiro atoms. The zero-order valence-corrected chi connectivity index (χ0v) is 9.83. The lowest BCUT2D eigenvalue weighted by atomic mass is 9.74. The molecule has 0 aliphatic carbocycles. The summed E-state index contributed by atoms with van der Waals surface area (Å²) in [5.74, 6) is 0. The Kier molecular flexibility index (Phi) is 4.30. The van der Waals surface area contributed by atoms with Gasteiger partial charge in [0.1, 0.15) is 0 Å². The van der Waals surface area contributed by atoms with E-state index in [4.69, 9.17) is 0 Å². The normalized spacial score (nSPS) is 13.5. The predicted octanol–water partition coefficient (Wildman–Crippen LogP) is 4.64. The highest BCUT2D eigenvalue weighted by molar-refractivity contribution is 4.75. The van der Waals surface area contributed by atoms with Crippen molar-refractivity contribution in [3.05, 3.63) is 0 Å². The summed E-state index contributed by atoms with van der Waals surface area (Å²) in [5, 5.41) is 0. The molecule has 0 aromatic carbocycles. The zero-order chi connectivity index (χ0) is 9.83. The van der Waals surface area contributed by atoms with E-state index in [1.165, 1.54) is 25.7 Å². The average molecular weight is 170 g/mol. The van der Waals surface area contributed by atoms with E-state index in [0.717, 1.165) is 0 Å². The van der Waals surface area contributed by atoms with Crippen LogP contribution in [0.25, 0.3) is 0 Å². The maximum absolute atomic E-state index is 2.40. The Morgan fingerprint density at radius 2 is 1.42 bits per heavy atom. The van der Waals surface area contributed by atoms with Crippen LogP contribution in [0.15, 0.2) is 0 Å². The standard InChI is InChI=1S/C12H26/c1-7-8-9-12(5,6)10-11(2,3)4/h7-10H2,1-6H3. The van der Waals surface area contributed by atoms with Crippen molar-refractivity contribution in [2.45, 2.75) is 67.2 Å². The SMILES string of the molecule is CCCCC(C)(C)CC(C)(C)C. The van der Waals surface area contributed by atoms with Gasteiger partial charge in [-0.3, -0.25) is 0 Å². The van der Waals surface area contributed by atoms with Crippen molar-refractivity contribution in [1.82, 2.24) is 0 Å². The summed E-state index contributed by atoms with van der Waals surface area (Å²) in [6.45, 7) is 14.1. The van der Waals surface area contributed by atoms with Crippen molar-refractivity contribution >= 4 is 0 Å². The molecule has 0 nitrogen and oxygen atoms in total. The van der Waals surface area contributed by atoms with E-state index < -0.39 is 0 Å². The third-order valence-corrected chi connectivity index (χ3v) is 2.22. The second kappa shape index (κ2) is 4.30. The van der Waals surface area contributed by atoms with Gasteiger partial charge in [0.15, 0.2) is 0 Å². The third-order valence-electron chi connectivity index (χ3n) is 2.22. The minimum atomic E-state index is 0.483. The topological polar surface area (TPSA) is 0 Å². The van der Waals surface area contributed by atoms with Gasteiger partial charge in [0.2, 0.25) is 0 Å². The molecule has 0 amide bonds. The fourth-order valence-electron chi connectivity index (χ4n) is 2.18. The molecular formula is C12H26. The predicted molar refractivity (Wildman–Crippen MR) is 57.4 cm³/mol. The molecule has 0 atom stereocenters. The van der Waals surface area contributed by atoms with Crippen molar-refractivity contribution in [3.8, 4) is 0 Å². The summed E-state index contributed by atoms with van der Waals surface area (Å²) in [5.41, 5.74) is 1.02. The van der Waals surface area contributed by atoms with E-state index in [9.17, 15) is 0 Å². The summed E-state index contributed by atoms with van der Waals surface area (Å²) in [6, 6.07) is 0. The first-order valence-electron chi connectivity index (χ1n) is 5.27. The van der Waals surface area contributed by atoms with Crippen LogP contribution in [-0.2, 0) is 0 Å². The Hall–Kier alpha value is 0. The van der Waals surface area contributed by atoms with E-state index in [-0.39, 0.29) is 0 Å². The summed E-state index contributed by atoms with van der Waals surface area (Å²) >= 11 is 0. The van der Waals surface area contributed by atoms with Gasteiger partial charge in [0, 0.05) is 0 Å². The fourth-order valence-corrected chi connectivity index (χ4v) is 2.18. The van der Waals surface area contributed by atoms with Gasteiger partial charge in [0.25, 0.3) is 0 Å². The van der Waals surface area contributed by atoms with Crippen molar-refractivity contribution in [2.75, 3.05) is 0 Å². The van der Waals surface area contributed by atoms with Crippen LogP contribution in [0.1, 0.15) is 67.2 Å². The number of hydrogen-bond donors (Lipinski definition) is 0. The first kappa shape index (κ1) is 12.0. The minimum Gasteiger partial charge on any atom is -0.0654 e. The molecule has 12 heavy (non-hydrogen) atoms. The van der Waals surface area contributed by atoms with Crippen molar-refractivity contribution in [1.29, 1.82) is 0 Å². The second-order valence-electron chi connectivity index (χ2n) is 6.01. The number of unbranched alkanes of at least 4 members (excludes halogenated alkanes) is 1. The molecule has 0 aliphatic heterocycles. The fraction of sp³-hybridized carbons (Fsp3) is 1.00. The molecule has 0 saturated heterocycles. The Balaban J connectivity index is 3.86. The Morgan fingerprint density at radius 1 is 0.917 bits per heavy atom. The average Bonchev–Trinajstić information content (AvgIpc) is 1.78. The van der Waals surface area contributed by atoms with E-state index in [2.05, 4.69) is 41.5 Å². The van der Waals surface area contributed by atoms with Gasteiger partial charge >= 0.3 is 0 Å². The van der Waals surface area contributed by atoms with E-state index in [0.29, 0.717) is 10.8 Å². The monoisotopic (exact) mass is 170 g/mol. The van der Waals surface area contributed by atoms with Crippen molar-refractivity contribution in [2.24, 2.45) is 10.8 Å². The van der Waals surface area contributed by atoms with Gasteiger partial charge in [-0.25, -0.2) is 0 Å². The molecule has 74 valence electrons. The van der Waals surface area contributed by atoms with Crippen molar-refractivity contribution in [3.63, 3.8) is 0 Å². The highest BCUT2D eigenvalue weighted by Gasteiger charge is 2.24. The van der Waals surface area contributed by atoms with Crippen LogP contribution in [0.4, 0.5) is 0 Å². The van der Waals surface area contributed by atoms with Gasteiger partial charge in [0.05, 0.1) is 0 Å². The summed E-state index contributed by atoms with van der Waals surface area (Å²) in [6.07, 6.45) is 5.41. The van der Waals surface area contributed by atoms with Crippen LogP contribution in [0.5, 0.6) is 0 Å². The molecule has 0 aromatic rings. The van der Waals surface area contributed by atoms with E-state index >= 15 is 0 Å². The van der Waals surface area contributed by atoms with Crippen LogP contribution in [-0.4, -0.2) is 0 Å². The first-order chi connectivity index (χ1) is 5.27. The van der Waals surface area contributed by atoms with Crippen LogP contribution < -0.4 is 0 Å². The molecule has 0 heterocycles. The summed E-state index contributed by atoms with van der Waals surface area (Å²) in [4.78, 5) is 0. The molecule has 0 N–H and O–H groups in total. The second-order valence-corrected chi connectivity index (χ2v) is 6.01. The maximum Gasteiger partial charge on any atom is -0.0349 e. The third kappa shape index (κ3) is 6.69. The van der Waals surface area contributed by atoms with Gasteiger partial charge in [-0.05, 0) is 23.7 Å². The Bertz CT molecular complexity index is 114. The van der Waals surface area contributed by atoms with Gasteiger partial charge in [-0.15, -0.1) is 0 Å². The van der Waals surface area contributed by atoms with Crippen LogP contribution >= 0.6 is 0 Å². The molecule has 0 unspecified atom stereocenters. The quantitative estimate of drug-likeness (QED) is 0.576. The molecule has 0 heteroatoms. The first-order valence-corrected chi connectivity index (χ1v) is 5.27. The van der Waals surface area contributed by atoms with Gasteiger partial charge in [-0.1, -0.05) is 54.4 Å². The molecule has 0 fully saturated rings. The smallest absolute Gasteiger partial charge is 0.0349 e. The molecule has 0 aromatic heterocycles. The number of rotatable bonds is 4. The van der Waals surface area contributed by atoms with E-state index in [1.807, 2.05) is 0 Å². The molecule has 0 saturated carbocycles. The number of hydrogen-bond acceptors (Lipinski definition) is 0. The largest absolute Gasteiger partial charge is 0.0654 e. The Morgan fingerprint density at radius 3 is 1.75 bits per heavy atom. The Labute approximate surface area is 78.8 Å². The molecular weight excluding hydrogens is 144 g/mol. The lowest BCUT2D eigenvalue weighted by Gasteiger charge is -2.32. The van der Waals surface area contributed by atoms with E-state index in [1.54, 1.807) is 0 Å². The maximum atomic E-state index is 2.40. The lowest BCUT2D eigenvalue weighted by molar-refractivity contribution is 0.195. The molecule has 0 rings (SSSR count).